The maximum Gasteiger partial charge on any atom is 0.133 e. The molecule has 17 heavy (non-hydrogen) atoms. The van der Waals surface area contributed by atoms with Crippen LogP contribution in [0.2, 0.25) is 0 Å². The number of nitrogens with zero attached hydrogens (tertiary/aromatic N) is 4. The molecule has 2 rings (SSSR count). The lowest BCUT2D eigenvalue weighted by Crippen LogP contribution is -2.03. The van der Waals surface area contributed by atoms with E-state index in [0.29, 0.717) is 0 Å². The van der Waals surface area contributed by atoms with Crippen molar-refractivity contribution in [2.75, 3.05) is 12.4 Å². The van der Waals surface area contributed by atoms with E-state index < -0.39 is 0 Å². The van der Waals surface area contributed by atoms with Gasteiger partial charge in [-0.1, -0.05) is 13.3 Å². The molecule has 0 saturated heterocycles. The first-order valence-electron chi connectivity index (χ1n) is 5.64. The third kappa shape index (κ3) is 2.38. The van der Waals surface area contributed by atoms with E-state index in [1.54, 1.807) is 24.9 Å². The highest BCUT2D eigenvalue weighted by Gasteiger charge is 2.12. The van der Waals surface area contributed by atoms with Gasteiger partial charge in [0.15, 0.2) is 0 Å². The molecule has 0 unspecified atom stereocenters. The van der Waals surface area contributed by atoms with E-state index in [4.69, 9.17) is 0 Å². The fourth-order valence-corrected chi connectivity index (χ4v) is 1.76. The van der Waals surface area contributed by atoms with Gasteiger partial charge in [-0.15, -0.1) is 0 Å². The van der Waals surface area contributed by atoms with Crippen LogP contribution in [-0.4, -0.2) is 27.0 Å². The smallest absolute Gasteiger partial charge is 0.133 e. The highest BCUT2D eigenvalue weighted by molar-refractivity contribution is 5.64. The van der Waals surface area contributed by atoms with Gasteiger partial charge in [0.1, 0.15) is 17.8 Å². The molecule has 0 amide bonds. The second-order valence-corrected chi connectivity index (χ2v) is 3.64. The van der Waals surface area contributed by atoms with E-state index in [-0.39, 0.29) is 0 Å². The van der Waals surface area contributed by atoms with Crippen molar-refractivity contribution < 1.29 is 0 Å². The van der Waals surface area contributed by atoms with Crippen molar-refractivity contribution in [3.63, 3.8) is 0 Å². The predicted octanol–water partition coefficient (Wildman–Crippen LogP) is 1.93. The highest BCUT2D eigenvalue weighted by atomic mass is 15.0. The summed E-state index contributed by atoms with van der Waals surface area (Å²) in [5.74, 6) is 0.863. The summed E-state index contributed by atoms with van der Waals surface area (Å²) in [5, 5.41) is 3.09. The first-order chi connectivity index (χ1) is 8.36. The summed E-state index contributed by atoms with van der Waals surface area (Å²) in [4.78, 5) is 16.9. The molecular weight excluding hydrogens is 214 g/mol. The standard InChI is InChI=1S/C12H15N5/c1-3-4-9-11(10-7-14-5-6-15-10)16-8-17-12(9)13-2/h5-8H,3-4H2,1-2H3,(H,13,16,17). The van der Waals surface area contributed by atoms with Gasteiger partial charge < -0.3 is 5.32 Å². The Morgan fingerprint density at radius 3 is 2.71 bits per heavy atom. The van der Waals surface area contributed by atoms with Crippen LogP contribution < -0.4 is 5.32 Å². The highest BCUT2D eigenvalue weighted by Crippen LogP contribution is 2.24. The van der Waals surface area contributed by atoms with Gasteiger partial charge in [-0.25, -0.2) is 9.97 Å². The maximum absolute atomic E-state index is 4.32. The van der Waals surface area contributed by atoms with Crippen molar-refractivity contribution in [1.82, 2.24) is 19.9 Å². The number of rotatable bonds is 4. The van der Waals surface area contributed by atoms with Gasteiger partial charge in [0.05, 0.1) is 11.9 Å². The van der Waals surface area contributed by atoms with Crippen LogP contribution in [-0.2, 0) is 6.42 Å². The summed E-state index contributed by atoms with van der Waals surface area (Å²) in [6, 6.07) is 0. The Bertz CT molecular complexity index is 484. The topological polar surface area (TPSA) is 63.6 Å². The Labute approximate surface area is 100 Å². The van der Waals surface area contributed by atoms with E-state index in [2.05, 4.69) is 32.2 Å². The van der Waals surface area contributed by atoms with E-state index >= 15 is 0 Å². The minimum atomic E-state index is 0.787. The van der Waals surface area contributed by atoms with Crippen LogP contribution in [0.25, 0.3) is 11.4 Å². The molecule has 0 spiro atoms. The van der Waals surface area contributed by atoms with Crippen molar-refractivity contribution in [3.8, 4) is 11.4 Å². The van der Waals surface area contributed by atoms with Crippen molar-refractivity contribution in [2.45, 2.75) is 19.8 Å². The molecular formula is C12H15N5. The first-order valence-corrected chi connectivity index (χ1v) is 5.64. The van der Waals surface area contributed by atoms with Crippen LogP contribution >= 0.6 is 0 Å². The summed E-state index contributed by atoms with van der Waals surface area (Å²) in [5.41, 5.74) is 2.74. The zero-order valence-electron chi connectivity index (χ0n) is 10.0. The molecule has 0 bridgehead atoms. The second-order valence-electron chi connectivity index (χ2n) is 3.64. The molecule has 1 N–H and O–H groups in total. The largest absolute Gasteiger partial charge is 0.373 e. The van der Waals surface area contributed by atoms with E-state index in [1.807, 2.05) is 7.05 Å². The number of hydrogen-bond acceptors (Lipinski definition) is 5. The summed E-state index contributed by atoms with van der Waals surface area (Å²) in [6.45, 7) is 2.13. The van der Waals surface area contributed by atoms with Gasteiger partial charge in [-0.2, -0.15) is 0 Å². The van der Waals surface area contributed by atoms with E-state index in [0.717, 1.165) is 35.6 Å². The summed E-state index contributed by atoms with van der Waals surface area (Å²) < 4.78 is 0. The normalized spacial score (nSPS) is 10.2. The zero-order chi connectivity index (χ0) is 12.1. The van der Waals surface area contributed by atoms with Crippen LogP contribution in [0.5, 0.6) is 0 Å². The third-order valence-corrected chi connectivity index (χ3v) is 2.49. The minimum absolute atomic E-state index is 0.787. The predicted molar refractivity (Wildman–Crippen MR) is 66.6 cm³/mol. The van der Waals surface area contributed by atoms with Gasteiger partial charge in [0, 0.05) is 25.0 Å². The Balaban J connectivity index is 2.53. The number of nitrogens with one attached hydrogen (secondary N) is 1. The van der Waals surface area contributed by atoms with Crippen molar-refractivity contribution in [1.29, 1.82) is 0 Å². The third-order valence-electron chi connectivity index (χ3n) is 2.49. The fraction of sp³-hybridized carbons (Fsp3) is 0.333. The van der Waals surface area contributed by atoms with E-state index in [1.165, 1.54) is 0 Å². The molecule has 0 aliphatic rings. The lowest BCUT2D eigenvalue weighted by atomic mass is 10.1. The molecule has 0 radical (unpaired) electrons. The summed E-state index contributed by atoms with van der Waals surface area (Å²) in [7, 11) is 1.86. The number of aromatic nitrogens is 4. The molecule has 88 valence electrons. The lowest BCUT2D eigenvalue weighted by molar-refractivity contribution is 0.903. The molecule has 0 aromatic carbocycles. The van der Waals surface area contributed by atoms with Crippen LogP contribution in [0.15, 0.2) is 24.9 Å². The average molecular weight is 229 g/mol. The minimum Gasteiger partial charge on any atom is -0.373 e. The molecule has 5 heteroatoms. The molecule has 2 aromatic rings. The van der Waals surface area contributed by atoms with Gasteiger partial charge >= 0.3 is 0 Å². The van der Waals surface area contributed by atoms with Gasteiger partial charge in [0.2, 0.25) is 0 Å². The fourth-order valence-electron chi connectivity index (χ4n) is 1.76. The van der Waals surface area contributed by atoms with Crippen LogP contribution in [0.4, 0.5) is 5.82 Å². The van der Waals surface area contributed by atoms with E-state index in [9.17, 15) is 0 Å². The Hall–Kier alpha value is -2.04. The van der Waals surface area contributed by atoms with Crippen molar-refractivity contribution in [3.05, 3.63) is 30.5 Å². The summed E-state index contributed by atoms with van der Waals surface area (Å²) >= 11 is 0. The van der Waals surface area contributed by atoms with Gasteiger partial charge in [0.25, 0.3) is 0 Å². The molecule has 5 nitrogen and oxygen atoms in total. The first kappa shape index (κ1) is 11.4. The average Bonchev–Trinajstić information content (AvgIpc) is 2.40. The SMILES string of the molecule is CCCc1c(NC)ncnc1-c1cnccn1. The quantitative estimate of drug-likeness (QED) is 0.867. The molecule has 2 heterocycles. The molecule has 2 aromatic heterocycles. The molecule has 0 fully saturated rings. The zero-order valence-corrected chi connectivity index (χ0v) is 10.0. The number of anilines is 1. The molecule has 0 atom stereocenters. The Kier molecular flexibility index (Phi) is 3.59. The maximum atomic E-state index is 4.32. The monoisotopic (exact) mass is 229 g/mol. The van der Waals surface area contributed by atoms with Crippen LogP contribution in [0.3, 0.4) is 0 Å². The lowest BCUT2D eigenvalue weighted by Gasteiger charge is -2.10. The molecule has 0 saturated carbocycles. The van der Waals surface area contributed by atoms with Crippen molar-refractivity contribution >= 4 is 5.82 Å². The second kappa shape index (κ2) is 5.34. The molecule has 0 aliphatic carbocycles. The van der Waals surface area contributed by atoms with Crippen LogP contribution in [0, 0.1) is 0 Å². The summed E-state index contributed by atoms with van der Waals surface area (Å²) in [6.07, 6.45) is 8.56. The molecule has 0 aliphatic heterocycles. The van der Waals surface area contributed by atoms with Gasteiger partial charge in [-0.3, -0.25) is 9.97 Å². The van der Waals surface area contributed by atoms with Crippen molar-refractivity contribution in [2.24, 2.45) is 0 Å². The van der Waals surface area contributed by atoms with Gasteiger partial charge in [-0.05, 0) is 6.42 Å². The Morgan fingerprint density at radius 2 is 2.06 bits per heavy atom. The Morgan fingerprint density at radius 1 is 1.18 bits per heavy atom. The number of hydrogen-bond donors (Lipinski definition) is 1. The van der Waals surface area contributed by atoms with Crippen LogP contribution in [0.1, 0.15) is 18.9 Å².